The number of aromatic amines is 1. The normalized spacial score (nSPS) is 11.9. The Morgan fingerprint density at radius 2 is 1.86 bits per heavy atom. The summed E-state index contributed by atoms with van der Waals surface area (Å²) in [5, 5.41) is 10.1. The van der Waals surface area contributed by atoms with Crippen molar-refractivity contribution in [1.29, 1.82) is 0 Å². The van der Waals surface area contributed by atoms with E-state index in [-0.39, 0.29) is 30.4 Å². The minimum atomic E-state index is -1.18. The molecule has 37 heavy (non-hydrogen) atoms. The number of nitrogens with zero attached hydrogens (tertiary/aromatic N) is 2. The number of nitrogens with one attached hydrogen (secondary N) is 1. The van der Waals surface area contributed by atoms with Gasteiger partial charge in [-0.2, -0.15) is 5.56 Å². The number of carbonyl (C=O) groups excluding carboxylic acids is 1. The Balaban J connectivity index is 0.000000408. The zero-order chi connectivity index (χ0) is 26.4. The van der Waals surface area contributed by atoms with Crippen LogP contribution in [0.25, 0.3) is 11.3 Å². The van der Waals surface area contributed by atoms with Crippen molar-refractivity contribution < 1.29 is 42.7 Å². The molecule has 5 nitrogen and oxygen atoms in total. The molecule has 1 aliphatic rings. The summed E-state index contributed by atoms with van der Waals surface area (Å²) in [5.41, 5.74) is 5.63. The third kappa shape index (κ3) is 6.94. The number of carboxylic acid groups (broad SMARTS) is 1. The van der Waals surface area contributed by atoms with E-state index in [2.05, 4.69) is 57.3 Å². The molecule has 0 atom stereocenters. The van der Waals surface area contributed by atoms with Gasteiger partial charge in [-0.3, -0.25) is 4.98 Å². The molecule has 0 saturated carbocycles. The number of pyridine rings is 1. The Hall–Kier alpha value is -2.81. The molecule has 3 aromatic rings. The second-order valence-electron chi connectivity index (χ2n) is 9.71. The van der Waals surface area contributed by atoms with E-state index in [4.69, 9.17) is 4.98 Å². The van der Waals surface area contributed by atoms with Crippen molar-refractivity contribution in [2.24, 2.45) is 0 Å². The average Bonchev–Trinajstić information content (AvgIpc) is 2.86. The minimum Gasteiger partial charge on any atom is -0.539 e. The van der Waals surface area contributed by atoms with Gasteiger partial charge in [0.2, 0.25) is 5.69 Å². The fraction of sp³-hybridized carbons (Fsp3) is 0.400. The first-order valence-electron chi connectivity index (χ1n) is 12.9. The van der Waals surface area contributed by atoms with Crippen LogP contribution < -0.4 is 33.5 Å². The number of aromatic carboxylic acids is 1. The minimum absolute atomic E-state index is 0. The van der Waals surface area contributed by atoms with Gasteiger partial charge in [0.15, 0.2) is 6.20 Å². The number of carbonyl (C=O) groups is 1. The van der Waals surface area contributed by atoms with Crippen LogP contribution in [0.15, 0.2) is 48.8 Å². The van der Waals surface area contributed by atoms with E-state index in [1.807, 2.05) is 6.07 Å². The molecular weight excluding hydrogens is 460 g/mol. The molecule has 0 spiro atoms. The van der Waals surface area contributed by atoms with Crippen molar-refractivity contribution in [2.45, 2.75) is 79.1 Å². The van der Waals surface area contributed by atoms with Crippen LogP contribution in [0.1, 0.15) is 107 Å². The first-order chi connectivity index (χ1) is 17.2. The van der Waals surface area contributed by atoms with E-state index >= 15 is 0 Å². The zero-order valence-electron chi connectivity index (χ0n) is 23.2. The number of fused-ring (bicyclic) bond motifs is 3. The van der Waals surface area contributed by atoms with E-state index in [0.717, 1.165) is 53.9 Å². The van der Waals surface area contributed by atoms with Crippen molar-refractivity contribution in [3.8, 4) is 11.3 Å². The van der Waals surface area contributed by atoms with Crippen LogP contribution in [0.5, 0.6) is 0 Å². The number of rotatable bonds is 7. The topological polar surface area (TPSA) is 71.0 Å². The molecule has 0 aliphatic carbocycles. The fourth-order valence-electron chi connectivity index (χ4n) is 4.51. The van der Waals surface area contributed by atoms with E-state index in [0.29, 0.717) is 11.8 Å². The van der Waals surface area contributed by atoms with Gasteiger partial charge in [0, 0.05) is 23.9 Å². The van der Waals surface area contributed by atoms with Crippen molar-refractivity contribution in [2.75, 3.05) is 0 Å². The Morgan fingerprint density at radius 3 is 2.38 bits per heavy atom. The van der Waals surface area contributed by atoms with Crippen LogP contribution in [0.3, 0.4) is 0 Å². The van der Waals surface area contributed by atoms with Gasteiger partial charge in [0.25, 0.3) is 0 Å². The van der Waals surface area contributed by atoms with E-state index in [1.54, 1.807) is 24.3 Å². The van der Waals surface area contributed by atoms with Crippen LogP contribution in [0.2, 0.25) is 0 Å². The predicted octanol–water partition coefficient (Wildman–Crippen LogP) is 2.21. The molecule has 3 heterocycles. The molecule has 1 N–H and O–H groups in total. The average molecular weight is 498 g/mol. The van der Waals surface area contributed by atoms with Crippen LogP contribution in [0, 0.1) is 17.8 Å². The van der Waals surface area contributed by atoms with Gasteiger partial charge < -0.3 is 14.5 Å². The molecule has 1 aliphatic heterocycles. The molecular formula is C30H37FLiN3O2. The summed E-state index contributed by atoms with van der Waals surface area (Å²) in [7, 11) is 0. The van der Waals surface area contributed by atoms with Gasteiger partial charge in [0.1, 0.15) is 5.97 Å². The summed E-state index contributed by atoms with van der Waals surface area (Å²) in [6.07, 6.45) is 7.94. The third-order valence-corrected chi connectivity index (χ3v) is 6.38. The van der Waals surface area contributed by atoms with Gasteiger partial charge in [-0.1, -0.05) is 66.9 Å². The Labute approximate surface area is 232 Å². The number of aromatic nitrogens is 3. The Morgan fingerprint density at radius 1 is 1.14 bits per heavy atom. The van der Waals surface area contributed by atoms with Crippen molar-refractivity contribution in [3.05, 3.63) is 89.2 Å². The van der Waals surface area contributed by atoms with E-state index in [1.165, 1.54) is 24.2 Å². The first-order valence-corrected chi connectivity index (χ1v) is 12.9. The maximum absolute atomic E-state index is 14.1. The molecule has 0 fully saturated rings. The second-order valence-corrected chi connectivity index (χ2v) is 9.71. The zero-order valence-corrected chi connectivity index (χ0v) is 23.2. The van der Waals surface area contributed by atoms with Crippen molar-refractivity contribution in [3.63, 3.8) is 0 Å². The molecule has 7 heteroatoms. The second kappa shape index (κ2) is 13.7. The molecule has 0 bridgehead atoms. The fourth-order valence-corrected chi connectivity index (χ4v) is 4.51. The summed E-state index contributed by atoms with van der Waals surface area (Å²) < 4.78 is 16.5. The van der Waals surface area contributed by atoms with E-state index < -0.39 is 5.97 Å². The number of unbranched alkanes of at least 4 members (excludes halogenated alkanes) is 1. The van der Waals surface area contributed by atoms with E-state index in [9.17, 15) is 14.3 Å². The summed E-state index contributed by atoms with van der Waals surface area (Å²) in [6, 6.07) is 11.3. The maximum Gasteiger partial charge on any atom is 1.00 e. The van der Waals surface area contributed by atoms with Gasteiger partial charge >= 0.3 is 18.9 Å². The number of benzene rings is 1. The van der Waals surface area contributed by atoms with Crippen LogP contribution in [-0.4, -0.2) is 11.0 Å². The summed E-state index contributed by atoms with van der Waals surface area (Å²) in [4.78, 5) is 17.6. The Bertz CT molecular complexity index is 1180. The Kier molecular flexibility index (Phi) is 11.2. The quantitative estimate of drug-likeness (QED) is 0.286. The SMILES string of the molecule is CCCC[C-]1[C-](CC)c2cc(F)ccc2-c2c(C(C)C)nc(C(C)C)c[n+]21.O=C([O-])c1cccc[nH+]1.[Li+]. The maximum atomic E-state index is 14.1. The molecule has 192 valence electrons. The molecule has 0 unspecified atom stereocenters. The molecule has 2 aromatic heterocycles. The standard InChI is InChI=1S/C24H32FN2.C6H5NO2.Li/c1-7-9-10-22-18(8-2)20-13-17(25)11-12-19(20)24-23(16(5)6)26-21(15(3)4)14-27(22)24;8-6(9)5-3-1-2-4-7-5;/h11-16H,7-10H2,1-6H3;1-4H,(H,8,9);/q-1;;+1. The molecule has 0 amide bonds. The van der Waals surface area contributed by atoms with Crippen LogP contribution in [0.4, 0.5) is 4.39 Å². The summed E-state index contributed by atoms with van der Waals surface area (Å²) in [5.74, 6) is 0.591. The van der Waals surface area contributed by atoms with Gasteiger partial charge in [-0.15, -0.1) is 23.6 Å². The van der Waals surface area contributed by atoms with Crippen LogP contribution in [-0.2, 0) is 0 Å². The number of hydrogen-bond donors (Lipinski definition) is 0. The van der Waals surface area contributed by atoms with Gasteiger partial charge in [0.05, 0.1) is 23.4 Å². The van der Waals surface area contributed by atoms with Gasteiger partial charge in [-0.25, -0.2) is 9.37 Å². The molecule has 1 aromatic carbocycles. The third-order valence-electron chi connectivity index (χ3n) is 6.38. The largest absolute Gasteiger partial charge is 1.00 e. The van der Waals surface area contributed by atoms with Crippen molar-refractivity contribution in [1.82, 2.24) is 4.98 Å². The molecule has 0 saturated heterocycles. The first kappa shape index (κ1) is 30.4. The van der Waals surface area contributed by atoms with Crippen molar-refractivity contribution >= 4 is 5.97 Å². The summed E-state index contributed by atoms with van der Waals surface area (Å²) in [6.45, 7) is 13.2. The molecule has 4 rings (SSSR count). The van der Waals surface area contributed by atoms with Crippen LogP contribution >= 0.6 is 0 Å². The predicted molar refractivity (Wildman–Crippen MR) is 136 cm³/mol. The number of carboxylic acids is 1. The smallest absolute Gasteiger partial charge is 0.539 e. The van der Waals surface area contributed by atoms with Gasteiger partial charge in [-0.05, 0) is 24.3 Å². The number of hydrogen-bond acceptors (Lipinski definition) is 3. The number of halogens is 1. The number of H-pyrrole nitrogens is 1. The monoisotopic (exact) mass is 497 g/mol. The molecule has 0 radical (unpaired) electrons. The summed E-state index contributed by atoms with van der Waals surface area (Å²) >= 11 is 0.